The highest BCUT2D eigenvalue weighted by molar-refractivity contribution is 6.42. The van der Waals surface area contributed by atoms with Gasteiger partial charge < -0.3 is 14.8 Å². The van der Waals surface area contributed by atoms with Crippen LogP contribution in [0.1, 0.15) is 30.9 Å². The lowest BCUT2D eigenvalue weighted by atomic mass is 9.93. The molecule has 0 saturated carbocycles. The zero-order valence-electron chi connectivity index (χ0n) is 14.5. The van der Waals surface area contributed by atoms with Gasteiger partial charge in [-0.25, -0.2) is 0 Å². The standard InChI is InChI=1S/C20H23Cl2NO2/c1-20(2)24-13-19(25-20)16(15-8-9-17(21)18(22)10-15)12-23-11-14-6-4-3-5-7-14/h3-10,16,19,23H,11-13H2,1-2H3/t16-,19+/m1/s1. The van der Waals surface area contributed by atoms with Crippen LogP contribution in [0, 0.1) is 0 Å². The molecular weight excluding hydrogens is 357 g/mol. The van der Waals surface area contributed by atoms with Gasteiger partial charge in [0.1, 0.15) is 0 Å². The lowest BCUT2D eigenvalue weighted by Gasteiger charge is -2.25. The molecule has 0 radical (unpaired) electrons. The lowest BCUT2D eigenvalue weighted by molar-refractivity contribution is -0.140. The van der Waals surface area contributed by atoms with E-state index in [0.29, 0.717) is 16.7 Å². The molecule has 5 heteroatoms. The van der Waals surface area contributed by atoms with Gasteiger partial charge in [0.05, 0.1) is 22.8 Å². The maximum atomic E-state index is 6.23. The van der Waals surface area contributed by atoms with E-state index in [0.717, 1.165) is 18.7 Å². The Labute approximate surface area is 159 Å². The van der Waals surface area contributed by atoms with E-state index in [-0.39, 0.29) is 12.0 Å². The van der Waals surface area contributed by atoms with Crippen LogP contribution in [0.5, 0.6) is 0 Å². The Balaban J connectivity index is 1.73. The van der Waals surface area contributed by atoms with Crippen LogP contribution in [0.25, 0.3) is 0 Å². The van der Waals surface area contributed by atoms with Gasteiger partial charge in [0.15, 0.2) is 5.79 Å². The van der Waals surface area contributed by atoms with Gasteiger partial charge in [0, 0.05) is 19.0 Å². The summed E-state index contributed by atoms with van der Waals surface area (Å²) in [5.74, 6) is -0.432. The van der Waals surface area contributed by atoms with Crippen molar-refractivity contribution in [2.45, 2.75) is 38.2 Å². The van der Waals surface area contributed by atoms with Crippen LogP contribution in [0.15, 0.2) is 48.5 Å². The van der Waals surface area contributed by atoms with Gasteiger partial charge in [-0.05, 0) is 37.1 Å². The molecule has 3 nitrogen and oxygen atoms in total. The lowest BCUT2D eigenvalue weighted by Crippen LogP contribution is -2.32. The van der Waals surface area contributed by atoms with Crippen LogP contribution < -0.4 is 5.32 Å². The monoisotopic (exact) mass is 379 g/mol. The maximum Gasteiger partial charge on any atom is 0.163 e. The summed E-state index contributed by atoms with van der Waals surface area (Å²) in [6.07, 6.45) is -0.0319. The highest BCUT2D eigenvalue weighted by Gasteiger charge is 2.37. The minimum absolute atomic E-state index is 0.0319. The van der Waals surface area contributed by atoms with Crippen LogP contribution in [0.3, 0.4) is 0 Å². The molecule has 0 aromatic heterocycles. The second kappa shape index (κ2) is 8.07. The molecule has 1 fully saturated rings. The second-order valence-corrected chi connectivity index (χ2v) is 7.58. The van der Waals surface area contributed by atoms with Gasteiger partial charge in [0.25, 0.3) is 0 Å². The third-order valence-electron chi connectivity index (χ3n) is 4.39. The highest BCUT2D eigenvalue weighted by atomic mass is 35.5. The minimum atomic E-state index is -0.557. The fourth-order valence-electron chi connectivity index (χ4n) is 3.09. The number of hydrogen-bond acceptors (Lipinski definition) is 3. The average Bonchev–Trinajstić information content (AvgIpc) is 2.95. The summed E-state index contributed by atoms with van der Waals surface area (Å²) in [4.78, 5) is 0. The number of ether oxygens (including phenoxy) is 2. The van der Waals surface area contributed by atoms with Crippen molar-refractivity contribution in [3.63, 3.8) is 0 Å². The van der Waals surface area contributed by atoms with Gasteiger partial charge in [0.2, 0.25) is 0 Å². The number of halogens is 2. The predicted octanol–water partition coefficient (Wildman–Crippen LogP) is 5.02. The molecule has 0 unspecified atom stereocenters. The molecule has 2 aromatic rings. The summed E-state index contributed by atoms with van der Waals surface area (Å²) in [6.45, 7) is 6.00. The van der Waals surface area contributed by atoms with E-state index in [1.54, 1.807) is 0 Å². The molecule has 1 aliphatic heterocycles. The average molecular weight is 380 g/mol. The normalized spacial score (nSPS) is 20.6. The summed E-state index contributed by atoms with van der Waals surface area (Å²) in [6, 6.07) is 16.1. The third kappa shape index (κ3) is 4.96. The van der Waals surface area contributed by atoms with Crippen LogP contribution in [-0.2, 0) is 16.0 Å². The largest absolute Gasteiger partial charge is 0.348 e. The molecule has 0 bridgehead atoms. The fraction of sp³-hybridized carbons (Fsp3) is 0.400. The van der Waals surface area contributed by atoms with Crippen molar-refractivity contribution in [1.82, 2.24) is 5.32 Å². The number of rotatable bonds is 6. The Morgan fingerprint density at radius 1 is 1.12 bits per heavy atom. The van der Waals surface area contributed by atoms with Gasteiger partial charge >= 0.3 is 0 Å². The van der Waals surface area contributed by atoms with Crippen molar-refractivity contribution in [3.8, 4) is 0 Å². The van der Waals surface area contributed by atoms with Crippen molar-refractivity contribution in [3.05, 3.63) is 69.7 Å². The molecule has 1 aliphatic rings. The summed E-state index contributed by atoms with van der Waals surface area (Å²) >= 11 is 12.3. The Morgan fingerprint density at radius 2 is 1.88 bits per heavy atom. The molecule has 2 aromatic carbocycles. The van der Waals surface area contributed by atoms with Gasteiger partial charge in [-0.3, -0.25) is 0 Å². The zero-order valence-corrected chi connectivity index (χ0v) is 16.0. The molecule has 134 valence electrons. The first-order valence-corrected chi connectivity index (χ1v) is 9.21. The third-order valence-corrected chi connectivity index (χ3v) is 5.13. The molecule has 0 aliphatic carbocycles. The summed E-state index contributed by atoms with van der Waals surface area (Å²) in [5.41, 5.74) is 2.35. The molecule has 1 saturated heterocycles. The van der Waals surface area contributed by atoms with E-state index >= 15 is 0 Å². The van der Waals surface area contributed by atoms with Gasteiger partial charge in [-0.1, -0.05) is 59.6 Å². The maximum absolute atomic E-state index is 6.23. The van der Waals surface area contributed by atoms with Gasteiger partial charge in [-0.2, -0.15) is 0 Å². The summed E-state index contributed by atoms with van der Waals surface area (Å²) in [7, 11) is 0. The van der Waals surface area contributed by atoms with Crippen molar-refractivity contribution >= 4 is 23.2 Å². The number of benzene rings is 2. The molecule has 0 spiro atoms. The van der Waals surface area contributed by atoms with Gasteiger partial charge in [-0.15, -0.1) is 0 Å². The van der Waals surface area contributed by atoms with Crippen molar-refractivity contribution < 1.29 is 9.47 Å². The zero-order chi connectivity index (χ0) is 17.9. The van der Waals surface area contributed by atoms with Crippen LogP contribution >= 0.6 is 23.2 Å². The quantitative estimate of drug-likeness (QED) is 0.764. The minimum Gasteiger partial charge on any atom is -0.348 e. The van der Waals surface area contributed by atoms with Crippen LogP contribution in [0.2, 0.25) is 10.0 Å². The Hall–Kier alpha value is -1.10. The molecule has 1 heterocycles. The molecule has 2 atom stereocenters. The molecule has 3 rings (SSSR count). The fourth-order valence-corrected chi connectivity index (χ4v) is 3.40. The molecule has 1 N–H and O–H groups in total. The molecular formula is C20H23Cl2NO2. The Kier molecular flexibility index (Phi) is 6.03. The van der Waals surface area contributed by atoms with E-state index in [1.165, 1.54) is 5.56 Å². The van der Waals surface area contributed by atoms with E-state index in [9.17, 15) is 0 Å². The first-order chi connectivity index (χ1) is 11.9. The number of nitrogens with one attached hydrogen (secondary N) is 1. The molecule has 0 amide bonds. The van der Waals surface area contributed by atoms with Crippen molar-refractivity contribution in [1.29, 1.82) is 0 Å². The predicted molar refractivity (Wildman–Crippen MR) is 102 cm³/mol. The Bertz CT molecular complexity index is 706. The van der Waals surface area contributed by atoms with E-state index in [1.807, 2.05) is 50.2 Å². The smallest absolute Gasteiger partial charge is 0.163 e. The number of hydrogen-bond donors (Lipinski definition) is 1. The van der Waals surface area contributed by atoms with Crippen LogP contribution in [-0.4, -0.2) is 25.0 Å². The topological polar surface area (TPSA) is 30.5 Å². The SMILES string of the molecule is CC1(C)OC[C@@H]([C@H](CNCc2ccccc2)c2ccc(Cl)c(Cl)c2)O1. The van der Waals surface area contributed by atoms with Crippen LogP contribution in [0.4, 0.5) is 0 Å². The second-order valence-electron chi connectivity index (χ2n) is 6.76. The highest BCUT2D eigenvalue weighted by Crippen LogP contribution is 2.34. The summed E-state index contributed by atoms with van der Waals surface area (Å²) < 4.78 is 11.9. The molecule has 25 heavy (non-hydrogen) atoms. The van der Waals surface area contributed by atoms with Crippen molar-refractivity contribution in [2.24, 2.45) is 0 Å². The Morgan fingerprint density at radius 3 is 2.52 bits per heavy atom. The van der Waals surface area contributed by atoms with E-state index < -0.39 is 5.79 Å². The van der Waals surface area contributed by atoms with Crippen molar-refractivity contribution in [2.75, 3.05) is 13.2 Å². The van der Waals surface area contributed by atoms with E-state index in [2.05, 4.69) is 17.4 Å². The first kappa shape index (κ1) is 18.7. The first-order valence-electron chi connectivity index (χ1n) is 8.46. The summed E-state index contributed by atoms with van der Waals surface area (Å²) in [5, 5.41) is 4.65. The van der Waals surface area contributed by atoms with E-state index in [4.69, 9.17) is 32.7 Å².